The summed E-state index contributed by atoms with van der Waals surface area (Å²) in [7, 11) is 0. The molecule has 1 aromatic rings. The van der Waals surface area contributed by atoms with Gasteiger partial charge in [0, 0.05) is 12.6 Å². The lowest BCUT2D eigenvalue weighted by Gasteiger charge is -2.36. The Labute approximate surface area is 133 Å². The first kappa shape index (κ1) is 16.5. The molecule has 2 rings (SSSR count). The number of ether oxygens (including phenoxy) is 1. The molecule has 0 saturated carbocycles. The van der Waals surface area contributed by atoms with Crippen molar-refractivity contribution >= 4 is 23.4 Å². The predicted octanol–water partition coefficient (Wildman–Crippen LogP) is 1.97. The monoisotopic (exact) mass is 328 g/mol. The molecule has 0 radical (unpaired) electrons. The van der Waals surface area contributed by atoms with Crippen LogP contribution < -0.4 is 10.5 Å². The molecule has 120 valence electrons. The molecule has 1 aliphatic heterocycles. The van der Waals surface area contributed by atoms with Crippen molar-refractivity contribution in [1.82, 2.24) is 4.90 Å². The maximum absolute atomic E-state index is 12.9. The topological polar surface area (TPSA) is 72.6 Å². The molecule has 1 heterocycles. The fraction of sp³-hybridized carbons (Fsp3) is 0.467. The first-order valence-electron chi connectivity index (χ1n) is 7.05. The van der Waals surface area contributed by atoms with E-state index in [-0.39, 0.29) is 35.2 Å². The standard InChI is InChI=1S/C15H18ClFN2O3/c1-9-2-3-10(15(18)21)7-19(9)14(20)8-22-13-5-4-11(17)6-12(13)16/h4-6,9-10H,2-3,7-8H2,1H3,(H2,18,21)/t9-,10-/m1/s1. The van der Waals surface area contributed by atoms with E-state index in [9.17, 15) is 14.0 Å². The van der Waals surface area contributed by atoms with Gasteiger partial charge in [-0.25, -0.2) is 4.39 Å². The third kappa shape index (κ3) is 3.88. The van der Waals surface area contributed by atoms with Crippen LogP contribution in [0, 0.1) is 11.7 Å². The van der Waals surface area contributed by atoms with Crippen LogP contribution in [0.5, 0.6) is 5.75 Å². The smallest absolute Gasteiger partial charge is 0.260 e. The Morgan fingerprint density at radius 2 is 2.18 bits per heavy atom. The van der Waals surface area contributed by atoms with E-state index in [0.717, 1.165) is 12.5 Å². The highest BCUT2D eigenvalue weighted by Crippen LogP contribution is 2.26. The number of hydrogen-bond donors (Lipinski definition) is 1. The molecule has 1 fully saturated rings. The van der Waals surface area contributed by atoms with Gasteiger partial charge >= 0.3 is 0 Å². The van der Waals surface area contributed by atoms with E-state index in [0.29, 0.717) is 13.0 Å². The zero-order valence-corrected chi connectivity index (χ0v) is 13.0. The zero-order valence-electron chi connectivity index (χ0n) is 12.2. The van der Waals surface area contributed by atoms with E-state index in [1.807, 2.05) is 6.92 Å². The number of nitrogens with two attached hydrogens (primary N) is 1. The van der Waals surface area contributed by atoms with Gasteiger partial charge in [-0.1, -0.05) is 11.6 Å². The Hall–Kier alpha value is -1.82. The number of rotatable bonds is 4. The quantitative estimate of drug-likeness (QED) is 0.918. The predicted molar refractivity (Wildman–Crippen MR) is 80.0 cm³/mol. The molecule has 7 heteroatoms. The molecule has 1 saturated heterocycles. The Balaban J connectivity index is 1.97. The minimum atomic E-state index is -0.474. The molecule has 0 aromatic heterocycles. The van der Waals surface area contributed by atoms with Crippen LogP contribution in [0.25, 0.3) is 0 Å². The largest absolute Gasteiger partial charge is 0.482 e. The van der Waals surface area contributed by atoms with E-state index in [1.165, 1.54) is 12.1 Å². The molecular formula is C15H18ClFN2O3. The second-order valence-corrected chi connectivity index (χ2v) is 5.84. The summed E-state index contributed by atoms with van der Waals surface area (Å²) in [5, 5.41) is 0.106. The van der Waals surface area contributed by atoms with Gasteiger partial charge < -0.3 is 15.4 Å². The van der Waals surface area contributed by atoms with Gasteiger partial charge in [0.1, 0.15) is 11.6 Å². The van der Waals surface area contributed by atoms with E-state index < -0.39 is 11.7 Å². The van der Waals surface area contributed by atoms with Gasteiger partial charge in [0.15, 0.2) is 6.61 Å². The molecule has 2 amide bonds. The first-order chi connectivity index (χ1) is 10.4. The Morgan fingerprint density at radius 3 is 2.82 bits per heavy atom. The average Bonchev–Trinajstić information content (AvgIpc) is 2.46. The van der Waals surface area contributed by atoms with Gasteiger partial charge in [-0.2, -0.15) is 0 Å². The molecule has 5 nitrogen and oxygen atoms in total. The van der Waals surface area contributed by atoms with Crippen LogP contribution >= 0.6 is 11.6 Å². The van der Waals surface area contributed by atoms with Crippen LogP contribution in [0.3, 0.4) is 0 Å². The normalized spacial score (nSPS) is 21.5. The minimum Gasteiger partial charge on any atom is -0.482 e. The van der Waals surface area contributed by atoms with E-state index in [4.69, 9.17) is 22.1 Å². The summed E-state index contributed by atoms with van der Waals surface area (Å²) in [5.41, 5.74) is 5.31. The van der Waals surface area contributed by atoms with Gasteiger partial charge in [-0.15, -0.1) is 0 Å². The van der Waals surface area contributed by atoms with Crippen molar-refractivity contribution in [2.75, 3.05) is 13.2 Å². The van der Waals surface area contributed by atoms with Crippen molar-refractivity contribution in [3.63, 3.8) is 0 Å². The number of benzene rings is 1. The van der Waals surface area contributed by atoms with Crippen LogP contribution in [-0.4, -0.2) is 35.9 Å². The van der Waals surface area contributed by atoms with Crippen molar-refractivity contribution < 1.29 is 18.7 Å². The number of hydrogen-bond acceptors (Lipinski definition) is 3. The van der Waals surface area contributed by atoms with Crippen LogP contribution in [0.2, 0.25) is 5.02 Å². The number of primary amides is 1. The fourth-order valence-corrected chi connectivity index (χ4v) is 2.72. The maximum Gasteiger partial charge on any atom is 0.260 e. The molecule has 0 aliphatic carbocycles. The average molecular weight is 329 g/mol. The lowest BCUT2D eigenvalue weighted by atomic mass is 9.93. The fourth-order valence-electron chi connectivity index (χ4n) is 2.50. The van der Waals surface area contributed by atoms with Crippen molar-refractivity contribution in [1.29, 1.82) is 0 Å². The molecule has 0 spiro atoms. The molecule has 2 atom stereocenters. The lowest BCUT2D eigenvalue weighted by molar-refractivity contribution is -0.139. The van der Waals surface area contributed by atoms with Gasteiger partial charge in [0.25, 0.3) is 5.91 Å². The summed E-state index contributed by atoms with van der Waals surface area (Å²) in [6.07, 6.45) is 1.40. The maximum atomic E-state index is 12.9. The summed E-state index contributed by atoms with van der Waals surface area (Å²) < 4.78 is 18.3. The SMILES string of the molecule is C[C@@H]1CC[C@@H](C(N)=O)CN1C(=O)COc1ccc(F)cc1Cl. The number of likely N-dealkylation sites (tertiary alicyclic amines) is 1. The summed E-state index contributed by atoms with van der Waals surface area (Å²) in [6.45, 7) is 2.00. The summed E-state index contributed by atoms with van der Waals surface area (Å²) >= 11 is 5.84. The van der Waals surface area contributed by atoms with Crippen LogP contribution in [0.15, 0.2) is 18.2 Å². The third-order valence-corrected chi connectivity index (χ3v) is 4.15. The molecule has 0 bridgehead atoms. The van der Waals surface area contributed by atoms with E-state index in [1.54, 1.807) is 4.90 Å². The number of halogens is 2. The highest BCUT2D eigenvalue weighted by Gasteiger charge is 2.31. The number of amides is 2. The molecule has 0 unspecified atom stereocenters. The molecule has 22 heavy (non-hydrogen) atoms. The Bertz CT molecular complexity index is 582. The second kappa shape index (κ2) is 6.96. The summed E-state index contributed by atoms with van der Waals surface area (Å²) in [5.74, 6) is -1.20. The van der Waals surface area contributed by atoms with Crippen LogP contribution in [0.1, 0.15) is 19.8 Å². The number of nitrogens with zero attached hydrogens (tertiary/aromatic N) is 1. The minimum absolute atomic E-state index is 0.0235. The molecule has 1 aliphatic rings. The molecular weight excluding hydrogens is 311 g/mol. The van der Waals surface area contributed by atoms with E-state index in [2.05, 4.69) is 0 Å². The van der Waals surface area contributed by atoms with Crippen molar-refractivity contribution in [3.8, 4) is 5.75 Å². The Kier molecular flexibility index (Phi) is 5.24. The van der Waals surface area contributed by atoms with Gasteiger partial charge in [-0.3, -0.25) is 9.59 Å². The first-order valence-corrected chi connectivity index (χ1v) is 7.43. The molecule has 1 aromatic carbocycles. The highest BCUT2D eigenvalue weighted by molar-refractivity contribution is 6.32. The number of carbonyl (C=O) groups is 2. The van der Waals surface area contributed by atoms with Crippen LogP contribution in [0.4, 0.5) is 4.39 Å². The zero-order chi connectivity index (χ0) is 16.3. The van der Waals surface area contributed by atoms with Gasteiger partial charge in [-0.05, 0) is 38.0 Å². The van der Waals surface area contributed by atoms with Crippen molar-refractivity contribution in [2.45, 2.75) is 25.8 Å². The van der Waals surface area contributed by atoms with Crippen molar-refractivity contribution in [3.05, 3.63) is 29.0 Å². The lowest BCUT2D eigenvalue weighted by Crippen LogP contribution is -2.50. The van der Waals surface area contributed by atoms with Gasteiger partial charge in [0.2, 0.25) is 5.91 Å². The Morgan fingerprint density at radius 1 is 1.45 bits per heavy atom. The highest BCUT2D eigenvalue weighted by atomic mass is 35.5. The van der Waals surface area contributed by atoms with Crippen LogP contribution in [-0.2, 0) is 9.59 Å². The molecule has 2 N–H and O–H groups in total. The van der Waals surface area contributed by atoms with E-state index >= 15 is 0 Å². The summed E-state index contributed by atoms with van der Waals surface area (Å²) in [4.78, 5) is 25.1. The van der Waals surface area contributed by atoms with Gasteiger partial charge in [0.05, 0.1) is 10.9 Å². The number of carbonyl (C=O) groups excluding carboxylic acids is 2. The third-order valence-electron chi connectivity index (χ3n) is 3.85. The number of piperidine rings is 1. The van der Waals surface area contributed by atoms with Crippen molar-refractivity contribution in [2.24, 2.45) is 11.7 Å². The second-order valence-electron chi connectivity index (χ2n) is 5.44. The summed E-state index contributed by atoms with van der Waals surface area (Å²) in [6, 6.07) is 3.72.